The fraction of sp³-hybridized carbons (Fsp3) is 0.333. The number of rotatable bonds is 6. The second-order valence-electron chi connectivity index (χ2n) is 5.37. The third-order valence-electron chi connectivity index (χ3n) is 3.92. The quantitative estimate of drug-likeness (QED) is 0.601. The van der Waals surface area contributed by atoms with Crippen LogP contribution in [0.1, 0.15) is 39.0 Å². The summed E-state index contributed by atoms with van der Waals surface area (Å²) in [6.07, 6.45) is 0. The van der Waals surface area contributed by atoms with Crippen LogP contribution in [0.2, 0.25) is 0 Å². The monoisotopic (exact) mass is 333 g/mol. The fourth-order valence-corrected chi connectivity index (χ4v) is 2.64. The van der Waals surface area contributed by atoms with E-state index in [1.54, 1.807) is 6.07 Å². The van der Waals surface area contributed by atoms with Gasteiger partial charge in [-0.3, -0.25) is 4.79 Å². The molecule has 128 valence electrons. The molecule has 1 aromatic carbocycles. The lowest BCUT2D eigenvalue weighted by Crippen LogP contribution is -2.16. The van der Waals surface area contributed by atoms with Crippen molar-refractivity contribution in [2.45, 2.75) is 27.3 Å². The summed E-state index contributed by atoms with van der Waals surface area (Å²) in [5.41, 5.74) is 2.07. The van der Waals surface area contributed by atoms with Gasteiger partial charge in [0.1, 0.15) is 11.6 Å². The maximum atomic E-state index is 13.8. The normalized spacial score (nSPS) is 10.5. The summed E-state index contributed by atoms with van der Waals surface area (Å²) in [5, 5.41) is 0. The highest BCUT2D eigenvalue weighted by atomic mass is 19.1. The van der Waals surface area contributed by atoms with Crippen molar-refractivity contribution in [1.82, 2.24) is 4.57 Å². The summed E-state index contributed by atoms with van der Waals surface area (Å²) in [6, 6.07) is 5.58. The number of Topliss-reactive ketones (excluding diaryl/α,β-unsaturated/α-hetero) is 1. The van der Waals surface area contributed by atoms with E-state index in [-0.39, 0.29) is 11.3 Å². The number of methoxy groups -OCH3 is 1. The number of nitrogens with zero attached hydrogens (tertiary/aromatic N) is 1. The van der Waals surface area contributed by atoms with Gasteiger partial charge in [0.2, 0.25) is 5.78 Å². The number of hydrogen-bond acceptors (Lipinski definition) is 4. The smallest absolute Gasteiger partial charge is 0.341 e. The SMILES string of the molecule is CCn1c(C)cc(C(=O)COC(=O)c2ccc(OC)cc2F)c1C. The minimum Gasteiger partial charge on any atom is -0.497 e. The Bertz CT molecular complexity index is 780. The zero-order valence-corrected chi connectivity index (χ0v) is 14.2. The summed E-state index contributed by atoms with van der Waals surface area (Å²) >= 11 is 0. The molecule has 5 nitrogen and oxygen atoms in total. The molecule has 2 rings (SSSR count). The van der Waals surface area contributed by atoms with Crippen molar-refractivity contribution in [3.05, 3.63) is 52.6 Å². The van der Waals surface area contributed by atoms with Crippen molar-refractivity contribution in [1.29, 1.82) is 0 Å². The van der Waals surface area contributed by atoms with Crippen molar-refractivity contribution < 1.29 is 23.5 Å². The van der Waals surface area contributed by atoms with Gasteiger partial charge in [0.05, 0.1) is 12.7 Å². The number of benzene rings is 1. The van der Waals surface area contributed by atoms with Crippen molar-refractivity contribution in [2.24, 2.45) is 0 Å². The zero-order valence-electron chi connectivity index (χ0n) is 14.2. The molecule has 0 bridgehead atoms. The Morgan fingerprint density at radius 3 is 2.42 bits per heavy atom. The van der Waals surface area contributed by atoms with Crippen LogP contribution in [0.15, 0.2) is 24.3 Å². The molecular weight excluding hydrogens is 313 g/mol. The van der Waals surface area contributed by atoms with Gasteiger partial charge in [-0.1, -0.05) is 0 Å². The van der Waals surface area contributed by atoms with Crippen LogP contribution in [-0.2, 0) is 11.3 Å². The summed E-state index contributed by atoms with van der Waals surface area (Å²) in [5.74, 6) is -1.65. The van der Waals surface area contributed by atoms with Crippen LogP contribution in [0.25, 0.3) is 0 Å². The Morgan fingerprint density at radius 2 is 1.88 bits per heavy atom. The van der Waals surface area contributed by atoms with Gasteiger partial charge in [-0.2, -0.15) is 0 Å². The highest BCUT2D eigenvalue weighted by Gasteiger charge is 2.19. The first kappa shape index (κ1) is 17.7. The van der Waals surface area contributed by atoms with Gasteiger partial charge < -0.3 is 14.0 Å². The molecule has 0 aliphatic heterocycles. The molecule has 6 heteroatoms. The topological polar surface area (TPSA) is 57.5 Å². The number of ether oxygens (including phenoxy) is 2. The van der Waals surface area contributed by atoms with Crippen LogP contribution < -0.4 is 4.74 Å². The number of aromatic nitrogens is 1. The van der Waals surface area contributed by atoms with E-state index in [2.05, 4.69) is 0 Å². The van der Waals surface area contributed by atoms with Crippen molar-refractivity contribution in [3.63, 3.8) is 0 Å². The molecule has 1 aromatic heterocycles. The molecule has 0 atom stereocenters. The van der Waals surface area contributed by atoms with Crippen molar-refractivity contribution >= 4 is 11.8 Å². The highest BCUT2D eigenvalue weighted by molar-refractivity contribution is 6.00. The maximum absolute atomic E-state index is 13.8. The number of hydrogen-bond donors (Lipinski definition) is 0. The molecular formula is C18H20FNO4. The first-order valence-corrected chi connectivity index (χ1v) is 7.59. The number of aryl methyl sites for hydroxylation is 1. The molecule has 0 aliphatic rings. The Labute approximate surface area is 140 Å². The number of ketones is 1. The summed E-state index contributed by atoms with van der Waals surface area (Å²) < 4.78 is 25.7. The lowest BCUT2D eigenvalue weighted by Gasteiger charge is -2.07. The van der Waals surface area contributed by atoms with Gasteiger partial charge >= 0.3 is 5.97 Å². The molecule has 0 radical (unpaired) electrons. The molecule has 0 spiro atoms. The van der Waals surface area contributed by atoms with E-state index in [9.17, 15) is 14.0 Å². The molecule has 0 unspecified atom stereocenters. The Morgan fingerprint density at radius 1 is 1.17 bits per heavy atom. The van der Waals surface area contributed by atoms with E-state index in [1.165, 1.54) is 19.2 Å². The maximum Gasteiger partial charge on any atom is 0.341 e. The predicted octanol–water partition coefficient (Wildman–Crippen LogP) is 3.31. The zero-order chi connectivity index (χ0) is 17.9. The lowest BCUT2D eigenvalue weighted by atomic mass is 10.1. The van der Waals surface area contributed by atoms with Crippen LogP contribution >= 0.6 is 0 Å². The number of carbonyl (C=O) groups is 2. The van der Waals surface area contributed by atoms with Crippen LogP contribution in [0.3, 0.4) is 0 Å². The molecule has 0 saturated heterocycles. The third kappa shape index (κ3) is 3.48. The minimum atomic E-state index is -0.882. The van der Waals surface area contributed by atoms with Crippen LogP contribution in [0.5, 0.6) is 5.75 Å². The Hall–Kier alpha value is -2.63. The van der Waals surface area contributed by atoms with Gasteiger partial charge in [-0.15, -0.1) is 0 Å². The van der Waals surface area contributed by atoms with Crippen LogP contribution in [0, 0.1) is 19.7 Å². The molecule has 0 aliphatic carbocycles. The Balaban J connectivity index is 2.08. The van der Waals surface area contributed by atoms with E-state index in [4.69, 9.17) is 9.47 Å². The molecule has 0 saturated carbocycles. The standard InChI is InChI=1S/C18H20FNO4/c1-5-20-11(2)8-15(12(20)3)17(21)10-24-18(22)14-7-6-13(23-4)9-16(14)19/h6-9H,5,10H2,1-4H3. The second kappa shape index (κ2) is 7.29. The van der Waals surface area contributed by atoms with Gasteiger partial charge in [-0.05, 0) is 39.0 Å². The van der Waals surface area contributed by atoms with Gasteiger partial charge in [0.25, 0.3) is 0 Å². The average Bonchev–Trinajstić information content (AvgIpc) is 2.86. The summed E-state index contributed by atoms with van der Waals surface area (Å²) in [4.78, 5) is 24.2. The number of carbonyl (C=O) groups excluding carboxylic acids is 2. The van der Waals surface area contributed by atoms with E-state index in [1.807, 2.05) is 25.3 Å². The highest BCUT2D eigenvalue weighted by Crippen LogP contribution is 2.18. The van der Waals surface area contributed by atoms with Gasteiger partial charge in [0.15, 0.2) is 6.61 Å². The predicted molar refractivity (Wildman–Crippen MR) is 87.1 cm³/mol. The van der Waals surface area contributed by atoms with E-state index < -0.39 is 18.4 Å². The lowest BCUT2D eigenvalue weighted by molar-refractivity contribution is 0.0470. The van der Waals surface area contributed by atoms with Crippen molar-refractivity contribution in [2.75, 3.05) is 13.7 Å². The van der Waals surface area contributed by atoms with Crippen LogP contribution in [0.4, 0.5) is 4.39 Å². The van der Waals surface area contributed by atoms with Gasteiger partial charge in [-0.25, -0.2) is 9.18 Å². The first-order chi connectivity index (χ1) is 11.4. The molecule has 0 amide bonds. The second-order valence-corrected chi connectivity index (χ2v) is 5.37. The largest absolute Gasteiger partial charge is 0.497 e. The third-order valence-corrected chi connectivity index (χ3v) is 3.92. The summed E-state index contributed by atoms with van der Waals surface area (Å²) in [6.45, 7) is 6.06. The van der Waals surface area contributed by atoms with Crippen molar-refractivity contribution in [3.8, 4) is 5.75 Å². The minimum absolute atomic E-state index is 0.234. The molecule has 0 N–H and O–H groups in total. The Kier molecular flexibility index (Phi) is 5.39. The van der Waals surface area contributed by atoms with E-state index in [0.29, 0.717) is 11.3 Å². The average molecular weight is 333 g/mol. The fourth-order valence-electron chi connectivity index (χ4n) is 2.64. The number of halogens is 1. The van der Waals surface area contributed by atoms with Crippen LogP contribution in [-0.4, -0.2) is 30.0 Å². The van der Waals surface area contributed by atoms with Gasteiger partial charge in [0, 0.05) is 29.6 Å². The molecule has 2 aromatic rings. The first-order valence-electron chi connectivity index (χ1n) is 7.59. The molecule has 1 heterocycles. The van der Waals surface area contributed by atoms with E-state index >= 15 is 0 Å². The summed E-state index contributed by atoms with van der Waals surface area (Å²) in [7, 11) is 1.40. The van der Waals surface area contributed by atoms with E-state index in [0.717, 1.165) is 24.0 Å². The molecule has 0 fully saturated rings. The number of esters is 1. The molecule has 24 heavy (non-hydrogen) atoms.